The van der Waals surface area contributed by atoms with Crippen LogP contribution < -0.4 is 14.6 Å². The summed E-state index contributed by atoms with van der Waals surface area (Å²) in [6.45, 7) is 1.56. The molecule has 90 valence electrons. The monoisotopic (exact) mass is 248 g/mol. The maximum atomic E-state index is 13.3. The van der Waals surface area contributed by atoms with Crippen LogP contribution in [0.3, 0.4) is 0 Å². The molecule has 0 amide bonds. The van der Waals surface area contributed by atoms with Crippen LogP contribution in [0.15, 0.2) is 18.2 Å². The van der Waals surface area contributed by atoms with Crippen molar-refractivity contribution in [1.29, 1.82) is 0 Å². The van der Waals surface area contributed by atoms with Gasteiger partial charge in [0.1, 0.15) is 0 Å². The first-order valence-electron chi connectivity index (χ1n) is 4.47. The molecule has 1 aromatic rings. The molecule has 0 bridgehead atoms. The molecular weight excluding hydrogens is 235 g/mol. The van der Waals surface area contributed by atoms with E-state index in [9.17, 15) is 12.8 Å². The van der Waals surface area contributed by atoms with E-state index in [1.54, 1.807) is 13.0 Å². The van der Waals surface area contributed by atoms with Crippen LogP contribution in [-0.2, 0) is 10.2 Å². The van der Waals surface area contributed by atoms with Gasteiger partial charge in [0.05, 0.1) is 7.11 Å². The smallest absolute Gasteiger partial charge is 0.274 e. The minimum Gasteiger partial charge on any atom is -0.494 e. The SMILES string of the molecule is COc1ccc([C@@H](C)NS(N)(=O)=O)cc1F. The number of benzene rings is 1. The summed E-state index contributed by atoms with van der Waals surface area (Å²) < 4.78 is 41.7. The molecule has 0 radical (unpaired) electrons. The van der Waals surface area contributed by atoms with Crippen molar-refractivity contribution in [3.8, 4) is 5.75 Å². The second-order valence-corrected chi connectivity index (χ2v) is 4.60. The number of nitrogens with one attached hydrogen (secondary N) is 1. The molecule has 0 heterocycles. The van der Waals surface area contributed by atoms with Gasteiger partial charge in [-0.1, -0.05) is 6.07 Å². The summed E-state index contributed by atoms with van der Waals surface area (Å²) in [4.78, 5) is 0. The maximum Gasteiger partial charge on any atom is 0.274 e. The highest BCUT2D eigenvalue weighted by molar-refractivity contribution is 7.87. The second-order valence-electron chi connectivity index (χ2n) is 3.28. The fraction of sp³-hybridized carbons (Fsp3) is 0.333. The zero-order chi connectivity index (χ0) is 12.3. The molecule has 0 aliphatic carbocycles. The maximum absolute atomic E-state index is 13.3. The molecule has 0 aliphatic rings. The Hall–Kier alpha value is -1.18. The van der Waals surface area contributed by atoms with Crippen LogP contribution in [0.4, 0.5) is 4.39 Å². The van der Waals surface area contributed by atoms with Crippen LogP contribution in [0.2, 0.25) is 0 Å². The highest BCUT2D eigenvalue weighted by Gasteiger charge is 2.13. The Morgan fingerprint density at radius 1 is 1.50 bits per heavy atom. The van der Waals surface area contributed by atoms with E-state index >= 15 is 0 Å². The summed E-state index contributed by atoms with van der Waals surface area (Å²) >= 11 is 0. The highest BCUT2D eigenvalue weighted by Crippen LogP contribution is 2.21. The molecule has 1 rings (SSSR count). The summed E-state index contributed by atoms with van der Waals surface area (Å²) in [5, 5.41) is 4.81. The van der Waals surface area contributed by atoms with Gasteiger partial charge in [-0.2, -0.15) is 13.1 Å². The van der Waals surface area contributed by atoms with Gasteiger partial charge in [0.15, 0.2) is 11.6 Å². The van der Waals surface area contributed by atoms with Crippen molar-refractivity contribution in [3.05, 3.63) is 29.6 Å². The fourth-order valence-electron chi connectivity index (χ4n) is 1.27. The lowest BCUT2D eigenvalue weighted by atomic mass is 10.1. The van der Waals surface area contributed by atoms with Gasteiger partial charge in [-0.25, -0.2) is 9.53 Å². The Morgan fingerprint density at radius 2 is 2.12 bits per heavy atom. The zero-order valence-corrected chi connectivity index (χ0v) is 9.71. The van der Waals surface area contributed by atoms with Crippen molar-refractivity contribution < 1.29 is 17.5 Å². The molecule has 0 unspecified atom stereocenters. The predicted molar refractivity (Wildman–Crippen MR) is 57.6 cm³/mol. The standard InChI is InChI=1S/C9H13FN2O3S/c1-6(12-16(11,13)14)7-3-4-9(15-2)8(10)5-7/h3-6,12H,1-2H3,(H2,11,13,14)/t6-/m1/s1. The topological polar surface area (TPSA) is 81.4 Å². The fourth-order valence-corrected chi connectivity index (χ4v) is 1.90. The van der Waals surface area contributed by atoms with Gasteiger partial charge in [0.25, 0.3) is 10.2 Å². The lowest BCUT2D eigenvalue weighted by Gasteiger charge is -2.13. The molecule has 1 atom stereocenters. The molecule has 0 fully saturated rings. The Labute approximate surface area is 93.6 Å². The second kappa shape index (κ2) is 4.77. The quantitative estimate of drug-likeness (QED) is 0.822. The van der Waals surface area contributed by atoms with Gasteiger partial charge in [0.2, 0.25) is 0 Å². The van der Waals surface area contributed by atoms with Crippen molar-refractivity contribution in [3.63, 3.8) is 0 Å². The normalized spacial score (nSPS) is 13.5. The molecule has 0 saturated carbocycles. The Balaban J connectivity index is 2.93. The largest absolute Gasteiger partial charge is 0.494 e. The van der Waals surface area contributed by atoms with Crippen molar-refractivity contribution >= 4 is 10.2 Å². The lowest BCUT2D eigenvalue weighted by Crippen LogP contribution is -2.32. The molecular formula is C9H13FN2O3S. The molecule has 7 heteroatoms. The van der Waals surface area contributed by atoms with E-state index in [0.29, 0.717) is 5.56 Å². The van der Waals surface area contributed by atoms with E-state index in [1.807, 2.05) is 0 Å². The third kappa shape index (κ3) is 3.44. The first-order valence-corrected chi connectivity index (χ1v) is 6.01. The molecule has 5 nitrogen and oxygen atoms in total. The number of rotatable bonds is 4. The van der Waals surface area contributed by atoms with Gasteiger partial charge in [-0.3, -0.25) is 0 Å². The van der Waals surface area contributed by atoms with E-state index in [0.717, 1.165) is 0 Å². The molecule has 16 heavy (non-hydrogen) atoms. The van der Waals surface area contributed by atoms with Crippen LogP contribution in [0, 0.1) is 5.82 Å². The average Bonchev–Trinajstić information content (AvgIpc) is 2.15. The van der Waals surface area contributed by atoms with E-state index in [-0.39, 0.29) is 5.75 Å². The molecule has 1 aromatic carbocycles. The first-order chi connectivity index (χ1) is 7.33. The molecule has 0 aliphatic heterocycles. The molecule has 0 saturated heterocycles. The first kappa shape index (κ1) is 12.9. The van der Waals surface area contributed by atoms with Gasteiger partial charge in [-0.15, -0.1) is 0 Å². The Kier molecular flexibility index (Phi) is 3.84. The van der Waals surface area contributed by atoms with Crippen molar-refractivity contribution in [1.82, 2.24) is 4.72 Å². The third-order valence-electron chi connectivity index (χ3n) is 2.02. The number of nitrogens with two attached hydrogens (primary N) is 1. The number of hydrogen-bond acceptors (Lipinski definition) is 3. The number of hydrogen-bond donors (Lipinski definition) is 2. The minimum absolute atomic E-state index is 0.103. The third-order valence-corrected chi connectivity index (χ3v) is 2.70. The number of ether oxygens (including phenoxy) is 1. The highest BCUT2D eigenvalue weighted by atomic mass is 32.2. The summed E-state index contributed by atoms with van der Waals surface area (Å²) in [6, 6.07) is 3.58. The van der Waals surface area contributed by atoms with E-state index < -0.39 is 22.1 Å². The number of methoxy groups -OCH3 is 1. The van der Waals surface area contributed by atoms with Gasteiger partial charge in [0, 0.05) is 6.04 Å². The van der Waals surface area contributed by atoms with Crippen molar-refractivity contribution in [2.24, 2.45) is 5.14 Å². The van der Waals surface area contributed by atoms with Crippen LogP contribution in [0.5, 0.6) is 5.75 Å². The van der Waals surface area contributed by atoms with Crippen LogP contribution in [-0.4, -0.2) is 15.5 Å². The summed E-state index contributed by atoms with van der Waals surface area (Å²) in [5.74, 6) is -0.449. The Bertz CT molecular complexity index is 476. The summed E-state index contributed by atoms with van der Waals surface area (Å²) in [6.07, 6.45) is 0. The summed E-state index contributed by atoms with van der Waals surface area (Å²) in [5.41, 5.74) is 0.465. The molecule has 0 aromatic heterocycles. The number of halogens is 1. The van der Waals surface area contributed by atoms with Crippen molar-refractivity contribution in [2.45, 2.75) is 13.0 Å². The van der Waals surface area contributed by atoms with Crippen molar-refractivity contribution in [2.75, 3.05) is 7.11 Å². The molecule has 0 spiro atoms. The van der Waals surface area contributed by atoms with Crippen LogP contribution in [0.1, 0.15) is 18.5 Å². The molecule has 3 N–H and O–H groups in total. The van der Waals surface area contributed by atoms with E-state index in [1.165, 1.54) is 19.2 Å². The van der Waals surface area contributed by atoms with Gasteiger partial charge in [-0.05, 0) is 24.6 Å². The van der Waals surface area contributed by atoms with E-state index in [4.69, 9.17) is 9.88 Å². The average molecular weight is 248 g/mol. The lowest BCUT2D eigenvalue weighted by molar-refractivity contribution is 0.386. The minimum atomic E-state index is -3.80. The van der Waals surface area contributed by atoms with E-state index in [2.05, 4.69) is 4.72 Å². The van der Waals surface area contributed by atoms with Gasteiger partial charge >= 0.3 is 0 Å². The summed E-state index contributed by atoms with van der Waals surface area (Å²) in [7, 11) is -2.45. The predicted octanol–water partition coefficient (Wildman–Crippen LogP) is 0.688. The van der Waals surface area contributed by atoms with Crippen LogP contribution >= 0.6 is 0 Å². The van der Waals surface area contributed by atoms with Gasteiger partial charge < -0.3 is 4.74 Å². The zero-order valence-electron chi connectivity index (χ0n) is 8.90. The van der Waals surface area contributed by atoms with Crippen LogP contribution in [0.25, 0.3) is 0 Å². The Morgan fingerprint density at radius 3 is 2.56 bits per heavy atom.